The predicted molar refractivity (Wildman–Crippen MR) is 268 cm³/mol. The van der Waals surface area contributed by atoms with Crippen molar-refractivity contribution in [3.63, 3.8) is 0 Å². The van der Waals surface area contributed by atoms with E-state index in [1.807, 2.05) is 146 Å². The predicted octanol–water partition coefficient (Wildman–Crippen LogP) is 10.2. The first-order valence-corrected chi connectivity index (χ1v) is 25.2. The van der Waals surface area contributed by atoms with Crippen molar-refractivity contribution in [1.29, 1.82) is 0 Å². The molecule has 0 amide bonds. The Labute approximate surface area is 412 Å². The van der Waals surface area contributed by atoms with Gasteiger partial charge in [0.1, 0.15) is 17.6 Å². The SMILES string of the molecule is CCSC1O[C@H](COCc2ccccc2)[C@@H](CO[C@H]2O[C@H](COCc3ccccc3)[C@@H](CO)[C@H](OCc3ccccc3)[C@H]2OCc2ccccc2)[C@H](OCc2ccccc2)[C@H]1OCc1ccccc1. The van der Waals surface area contributed by atoms with Crippen molar-refractivity contribution < 1.29 is 47.7 Å². The molecule has 0 aliphatic carbocycles. The third-order valence-corrected chi connectivity index (χ3v) is 13.6. The molecule has 0 radical (unpaired) electrons. The van der Waals surface area contributed by atoms with E-state index in [1.165, 1.54) is 0 Å². The Kier molecular flexibility index (Phi) is 20.3. The van der Waals surface area contributed by atoms with Crippen LogP contribution in [0.4, 0.5) is 0 Å². The van der Waals surface area contributed by atoms with E-state index in [9.17, 15) is 5.11 Å². The van der Waals surface area contributed by atoms with E-state index >= 15 is 0 Å². The van der Waals surface area contributed by atoms with E-state index in [2.05, 4.69) is 43.3 Å². The van der Waals surface area contributed by atoms with E-state index in [1.54, 1.807) is 11.8 Å². The van der Waals surface area contributed by atoms with Crippen molar-refractivity contribution in [1.82, 2.24) is 0 Å². The highest BCUT2D eigenvalue weighted by atomic mass is 32.2. The Morgan fingerprint density at radius 1 is 0.391 bits per heavy atom. The lowest BCUT2D eigenvalue weighted by atomic mass is 9.88. The first-order valence-electron chi connectivity index (χ1n) is 24.2. The number of rotatable bonds is 26. The van der Waals surface area contributed by atoms with Crippen LogP contribution < -0.4 is 0 Å². The molecular formula is C58H66O10S. The van der Waals surface area contributed by atoms with Gasteiger partial charge in [0.15, 0.2) is 6.29 Å². The van der Waals surface area contributed by atoms with Crippen LogP contribution >= 0.6 is 11.8 Å². The fourth-order valence-electron chi connectivity index (χ4n) is 8.89. The minimum atomic E-state index is -0.949. The normalized spacial score (nSPS) is 24.8. The van der Waals surface area contributed by atoms with Crippen LogP contribution in [0, 0.1) is 11.8 Å². The molecule has 2 aliphatic heterocycles. The highest BCUT2D eigenvalue weighted by Gasteiger charge is 2.51. The van der Waals surface area contributed by atoms with Gasteiger partial charge in [-0.25, -0.2) is 0 Å². The van der Waals surface area contributed by atoms with Gasteiger partial charge in [-0.2, -0.15) is 0 Å². The first kappa shape index (κ1) is 50.7. The summed E-state index contributed by atoms with van der Waals surface area (Å²) in [4.78, 5) is 0. The van der Waals surface area contributed by atoms with Crippen molar-refractivity contribution in [2.45, 2.75) is 94.9 Å². The Hall–Kier alpha value is -4.73. The molecule has 2 fully saturated rings. The van der Waals surface area contributed by atoms with Gasteiger partial charge in [0.05, 0.1) is 90.5 Å². The number of aliphatic hydroxyl groups is 1. The smallest absolute Gasteiger partial charge is 0.186 e. The minimum absolute atomic E-state index is 0.135. The fourth-order valence-corrected chi connectivity index (χ4v) is 9.87. The van der Waals surface area contributed by atoms with Gasteiger partial charge in [-0.3, -0.25) is 0 Å². The van der Waals surface area contributed by atoms with E-state index in [0.29, 0.717) is 33.0 Å². The van der Waals surface area contributed by atoms with Gasteiger partial charge in [0, 0.05) is 11.8 Å². The molecule has 2 heterocycles. The zero-order valence-corrected chi connectivity index (χ0v) is 40.2. The lowest BCUT2D eigenvalue weighted by Gasteiger charge is -2.48. The molecule has 1 unspecified atom stereocenters. The third kappa shape index (κ3) is 15.1. The van der Waals surface area contributed by atoms with Crippen molar-refractivity contribution in [2.75, 3.05) is 32.2 Å². The quantitative estimate of drug-likeness (QED) is 0.0562. The molecule has 364 valence electrons. The monoisotopic (exact) mass is 954 g/mol. The summed E-state index contributed by atoms with van der Waals surface area (Å²) in [5.74, 6) is -0.100. The molecule has 0 bridgehead atoms. The molecular weight excluding hydrogens is 889 g/mol. The summed E-state index contributed by atoms with van der Waals surface area (Å²) in [7, 11) is 0. The second-order valence-electron chi connectivity index (χ2n) is 17.4. The maximum Gasteiger partial charge on any atom is 0.186 e. The van der Waals surface area contributed by atoms with Crippen LogP contribution in [0.15, 0.2) is 182 Å². The van der Waals surface area contributed by atoms with Gasteiger partial charge in [-0.15, -0.1) is 11.8 Å². The molecule has 10 atom stereocenters. The van der Waals surface area contributed by atoms with Crippen molar-refractivity contribution >= 4 is 11.8 Å². The summed E-state index contributed by atoms with van der Waals surface area (Å²) < 4.78 is 61.8. The van der Waals surface area contributed by atoms with Crippen LogP contribution in [-0.4, -0.2) is 85.6 Å². The van der Waals surface area contributed by atoms with E-state index < -0.39 is 54.7 Å². The van der Waals surface area contributed by atoms with Gasteiger partial charge < -0.3 is 47.7 Å². The van der Waals surface area contributed by atoms with Crippen molar-refractivity contribution in [3.8, 4) is 0 Å². The highest BCUT2D eigenvalue weighted by molar-refractivity contribution is 7.99. The molecule has 6 aromatic rings. The summed E-state index contributed by atoms with van der Waals surface area (Å²) in [5.41, 5.74) is 5.81. The number of benzene rings is 6. The number of thioether (sulfide) groups is 1. The molecule has 0 saturated carbocycles. The molecule has 2 aliphatic rings. The Balaban J connectivity index is 1.12. The van der Waals surface area contributed by atoms with Crippen LogP contribution in [0.25, 0.3) is 0 Å². The summed E-state index contributed by atoms with van der Waals surface area (Å²) in [6.07, 6.45) is -4.39. The maximum atomic E-state index is 11.2. The van der Waals surface area contributed by atoms with Crippen molar-refractivity contribution in [2.24, 2.45) is 11.8 Å². The second-order valence-corrected chi connectivity index (χ2v) is 18.8. The van der Waals surface area contributed by atoms with Gasteiger partial charge in [-0.05, 0) is 39.1 Å². The van der Waals surface area contributed by atoms with E-state index in [0.717, 1.165) is 39.1 Å². The minimum Gasteiger partial charge on any atom is -0.396 e. The van der Waals surface area contributed by atoms with Crippen LogP contribution in [0.1, 0.15) is 40.3 Å². The lowest BCUT2D eigenvalue weighted by molar-refractivity contribution is -0.323. The Morgan fingerprint density at radius 3 is 1.13 bits per heavy atom. The standard InChI is InChI=1S/C58H66O10S/c1-2-69-58-56(65-39-48-31-19-8-20-32-48)54(63-37-46-27-15-6-16-28-46)50(52(68-58)42-61-35-44-23-11-4-12-24-44)40-66-57-55(64-38-47-29-17-7-18-30-47)53(62-36-45-25-13-5-14-26-45)49(33-59)51(67-57)41-60-34-43-21-9-3-10-22-43/h3-32,49-59H,2,33-42H2,1H3/t49-,50-,51-,52-,53+,54+,55-,56-,57+,58?/m1/s1. The van der Waals surface area contributed by atoms with Gasteiger partial charge in [0.25, 0.3) is 0 Å². The van der Waals surface area contributed by atoms with Crippen LogP contribution in [0.3, 0.4) is 0 Å². The fraction of sp³-hybridized carbons (Fsp3) is 0.379. The molecule has 69 heavy (non-hydrogen) atoms. The van der Waals surface area contributed by atoms with Crippen LogP contribution in [0.5, 0.6) is 0 Å². The average Bonchev–Trinajstić information content (AvgIpc) is 3.40. The average molecular weight is 955 g/mol. The Bertz CT molecular complexity index is 2280. The van der Waals surface area contributed by atoms with Gasteiger partial charge in [-0.1, -0.05) is 189 Å². The number of ether oxygens (including phenoxy) is 9. The number of hydrogen-bond acceptors (Lipinski definition) is 11. The first-order chi connectivity index (χ1) is 34.1. The molecule has 2 saturated heterocycles. The second kappa shape index (κ2) is 27.6. The van der Waals surface area contributed by atoms with Crippen LogP contribution in [-0.2, 0) is 82.3 Å². The zero-order valence-electron chi connectivity index (χ0n) is 39.4. The molecule has 6 aromatic carbocycles. The molecule has 11 heteroatoms. The zero-order chi connectivity index (χ0) is 47.3. The lowest BCUT2D eigenvalue weighted by Crippen LogP contribution is -2.61. The summed E-state index contributed by atoms with van der Waals surface area (Å²) in [6, 6.07) is 60.6. The van der Waals surface area contributed by atoms with Crippen LogP contribution in [0.2, 0.25) is 0 Å². The largest absolute Gasteiger partial charge is 0.396 e. The molecule has 1 N–H and O–H groups in total. The molecule has 0 spiro atoms. The molecule has 8 rings (SSSR count). The number of aliphatic hydroxyl groups excluding tert-OH is 1. The van der Waals surface area contributed by atoms with E-state index in [-0.39, 0.29) is 38.5 Å². The summed E-state index contributed by atoms with van der Waals surface area (Å²) >= 11 is 1.70. The molecule has 10 nitrogen and oxygen atoms in total. The maximum absolute atomic E-state index is 11.2. The molecule has 0 aromatic heterocycles. The Morgan fingerprint density at radius 2 is 0.739 bits per heavy atom. The summed E-state index contributed by atoms with van der Waals surface area (Å²) in [5, 5.41) is 11.2. The third-order valence-electron chi connectivity index (χ3n) is 12.5. The number of hydrogen-bond donors (Lipinski definition) is 1. The van der Waals surface area contributed by atoms with Gasteiger partial charge >= 0.3 is 0 Å². The summed E-state index contributed by atoms with van der Waals surface area (Å²) in [6.45, 7) is 4.59. The highest BCUT2D eigenvalue weighted by Crippen LogP contribution is 2.39. The topological polar surface area (TPSA) is 103 Å². The van der Waals surface area contributed by atoms with E-state index in [4.69, 9.17) is 42.6 Å². The van der Waals surface area contributed by atoms with Crippen molar-refractivity contribution in [3.05, 3.63) is 215 Å². The van der Waals surface area contributed by atoms with Gasteiger partial charge in [0.2, 0.25) is 0 Å².